The lowest BCUT2D eigenvalue weighted by Gasteiger charge is -2.12. The topological polar surface area (TPSA) is 82.7 Å². The second-order valence-corrected chi connectivity index (χ2v) is 4.23. The van der Waals surface area contributed by atoms with Crippen molar-refractivity contribution in [1.29, 1.82) is 0 Å². The van der Waals surface area contributed by atoms with Gasteiger partial charge in [0, 0.05) is 10.9 Å². The van der Waals surface area contributed by atoms with Gasteiger partial charge in [0.2, 0.25) is 0 Å². The van der Waals surface area contributed by atoms with Gasteiger partial charge < -0.3 is 19.9 Å². The normalized spacial score (nSPS) is 11.2. The number of aliphatic hydroxyl groups excluding tert-OH is 2. The molecule has 1 aromatic carbocycles. The van der Waals surface area contributed by atoms with Crippen molar-refractivity contribution in [1.82, 2.24) is 5.32 Å². The van der Waals surface area contributed by atoms with Crippen molar-refractivity contribution in [2.75, 3.05) is 13.2 Å². The van der Waals surface area contributed by atoms with E-state index in [9.17, 15) is 9.18 Å². The Morgan fingerprint density at radius 2 is 2.11 bits per heavy atom. The largest absolute Gasteiger partial charge is 0.451 e. The van der Waals surface area contributed by atoms with Gasteiger partial charge in [0.1, 0.15) is 11.4 Å². The number of carbonyl (C=O) groups excluding carboxylic acids is 1. The molecule has 0 atom stereocenters. The van der Waals surface area contributed by atoms with Crippen LogP contribution in [0.25, 0.3) is 11.0 Å². The van der Waals surface area contributed by atoms with Crippen LogP contribution in [0.15, 0.2) is 22.6 Å². The standard InChI is InChI=1S/C13H14FNO4/c1-7-10-4-8(14)2-3-11(10)19-12(7)13(18)15-9(5-16)6-17/h2-4,9,16-17H,5-6H2,1H3,(H,15,18). The average Bonchev–Trinajstić information content (AvgIpc) is 2.73. The molecular formula is C13H14FNO4. The Kier molecular flexibility index (Phi) is 3.82. The van der Waals surface area contributed by atoms with Crippen LogP contribution in [0.1, 0.15) is 16.1 Å². The Morgan fingerprint density at radius 1 is 1.42 bits per heavy atom. The molecule has 0 saturated carbocycles. The van der Waals surface area contributed by atoms with Crippen molar-refractivity contribution in [3.8, 4) is 0 Å². The molecule has 19 heavy (non-hydrogen) atoms. The Morgan fingerprint density at radius 3 is 2.74 bits per heavy atom. The summed E-state index contributed by atoms with van der Waals surface area (Å²) < 4.78 is 18.5. The first kappa shape index (κ1) is 13.5. The van der Waals surface area contributed by atoms with E-state index in [2.05, 4.69) is 5.32 Å². The fourth-order valence-corrected chi connectivity index (χ4v) is 1.81. The Balaban J connectivity index is 2.35. The summed E-state index contributed by atoms with van der Waals surface area (Å²) in [4.78, 5) is 11.9. The van der Waals surface area contributed by atoms with Gasteiger partial charge in [-0.1, -0.05) is 0 Å². The summed E-state index contributed by atoms with van der Waals surface area (Å²) in [6.07, 6.45) is 0. The molecule has 0 aliphatic rings. The van der Waals surface area contributed by atoms with Crippen LogP contribution in [0, 0.1) is 12.7 Å². The molecule has 6 heteroatoms. The summed E-state index contributed by atoms with van der Waals surface area (Å²) in [5, 5.41) is 20.8. The SMILES string of the molecule is Cc1c(C(=O)NC(CO)CO)oc2ccc(F)cc12. The number of fused-ring (bicyclic) bond motifs is 1. The van der Waals surface area contributed by atoms with Crippen LogP contribution in [0.2, 0.25) is 0 Å². The van der Waals surface area contributed by atoms with Crippen LogP contribution < -0.4 is 5.32 Å². The minimum atomic E-state index is -0.753. The lowest BCUT2D eigenvalue weighted by molar-refractivity contribution is 0.0853. The zero-order valence-electron chi connectivity index (χ0n) is 10.3. The molecule has 2 aromatic rings. The zero-order chi connectivity index (χ0) is 14.0. The molecule has 1 aromatic heterocycles. The Bertz CT molecular complexity index is 604. The van der Waals surface area contributed by atoms with Gasteiger partial charge in [-0.05, 0) is 25.1 Å². The van der Waals surface area contributed by atoms with Gasteiger partial charge in [0.15, 0.2) is 5.76 Å². The van der Waals surface area contributed by atoms with Crippen LogP contribution in [-0.4, -0.2) is 35.4 Å². The summed E-state index contributed by atoms with van der Waals surface area (Å²) in [7, 11) is 0. The van der Waals surface area contributed by atoms with E-state index in [4.69, 9.17) is 14.6 Å². The van der Waals surface area contributed by atoms with Gasteiger partial charge in [-0.3, -0.25) is 4.79 Å². The predicted molar refractivity (Wildman–Crippen MR) is 66.3 cm³/mol. The van der Waals surface area contributed by atoms with Crippen LogP contribution in [0.4, 0.5) is 4.39 Å². The van der Waals surface area contributed by atoms with E-state index in [-0.39, 0.29) is 19.0 Å². The molecule has 0 unspecified atom stereocenters. The molecule has 0 bridgehead atoms. The number of benzene rings is 1. The molecular weight excluding hydrogens is 253 g/mol. The zero-order valence-corrected chi connectivity index (χ0v) is 10.3. The van der Waals surface area contributed by atoms with E-state index in [1.54, 1.807) is 6.92 Å². The molecule has 5 nitrogen and oxygen atoms in total. The minimum Gasteiger partial charge on any atom is -0.451 e. The lowest BCUT2D eigenvalue weighted by atomic mass is 10.1. The van der Waals surface area contributed by atoms with E-state index in [1.165, 1.54) is 18.2 Å². The molecule has 3 N–H and O–H groups in total. The molecule has 0 spiro atoms. The second-order valence-electron chi connectivity index (χ2n) is 4.23. The van der Waals surface area contributed by atoms with Crippen LogP contribution >= 0.6 is 0 Å². The molecule has 0 fully saturated rings. The maximum Gasteiger partial charge on any atom is 0.287 e. The molecule has 0 saturated heterocycles. The van der Waals surface area contributed by atoms with Crippen molar-refractivity contribution < 1.29 is 23.8 Å². The highest BCUT2D eigenvalue weighted by Crippen LogP contribution is 2.25. The summed E-state index contributed by atoms with van der Waals surface area (Å²) in [5.41, 5.74) is 0.926. The average molecular weight is 267 g/mol. The first-order valence-electron chi connectivity index (χ1n) is 5.78. The number of aryl methyl sites for hydroxylation is 1. The van der Waals surface area contributed by atoms with Gasteiger partial charge in [-0.25, -0.2) is 4.39 Å². The van der Waals surface area contributed by atoms with Gasteiger partial charge in [0.05, 0.1) is 19.3 Å². The smallest absolute Gasteiger partial charge is 0.287 e. The minimum absolute atomic E-state index is 0.0486. The maximum absolute atomic E-state index is 13.1. The van der Waals surface area contributed by atoms with Gasteiger partial charge >= 0.3 is 0 Å². The highest BCUT2D eigenvalue weighted by atomic mass is 19.1. The molecule has 2 rings (SSSR count). The van der Waals surface area contributed by atoms with Crippen LogP contribution in [0.5, 0.6) is 0 Å². The highest BCUT2D eigenvalue weighted by Gasteiger charge is 2.20. The van der Waals surface area contributed by atoms with Crippen molar-refractivity contribution in [3.63, 3.8) is 0 Å². The number of hydrogen-bond donors (Lipinski definition) is 3. The number of carbonyl (C=O) groups is 1. The summed E-state index contributed by atoms with van der Waals surface area (Å²) in [6, 6.07) is 3.23. The van der Waals surface area contributed by atoms with Crippen molar-refractivity contribution in [2.45, 2.75) is 13.0 Å². The number of halogens is 1. The summed E-state index contributed by atoms with van der Waals surface area (Å²) >= 11 is 0. The Hall–Kier alpha value is -1.92. The van der Waals surface area contributed by atoms with Crippen LogP contribution in [0.3, 0.4) is 0 Å². The van der Waals surface area contributed by atoms with Crippen molar-refractivity contribution >= 4 is 16.9 Å². The van der Waals surface area contributed by atoms with Crippen molar-refractivity contribution in [3.05, 3.63) is 35.3 Å². The van der Waals surface area contributed by atoms with Crippen LogP contribution in [-0.2, 0) is 0 Å². The molecule has 1 heterocycles. The van der Waals surface area contributed by atoms with E-state index in [1.807, 2.05) is 0 Å². The highest BCUT2D eigenvalue weighted by molar-refractivity contribution is 5.99. The molecule has 102 valence electrons. The number of furan rings is 1. The van der Waals surface area contributed by atoms with Crippen molar-refractivity contribution in [2.24, 2.45) is 0 Å². The molecule has 1 amide bonds. The van der Waals surface area contributed by atoms with E-state index in [0.29, 0.717) is 16.5 Å². The first-order chi connectivity index (χ1) is 9.06. The summed E-state index contributed by atoms with van der Waals surface area (Å²) in [5.74, 6) is -0.915. The van der Waals surface area contributed by atoms with Gasteiger partial charge in [0.25, 0.3) is 5.91 Å². The third-order valence-corrected chi connectivity index (χ3v) is 2.88. The first-order valence-corrected chi connectivity index (χ1v) is 5.78. The number of amides is 1. The summed E-state index contributed by atoms with van der Waals surface area (Å²) in [6.45, 7) is 0.888. The maximum atomic E-state index is 13.1. The fraction of sp³-hybridized carbons (Fsp3) is 0.308. The fourth-order valence-electron chi connectivity index (χ4n) is 1.81. The second kappa shape index (κ2) is 5.38. The monoisotopic (exact) mass is 267 g/mol. The number of aliphatic hydroxyl groups is 2. The Labute approximate surface area is 108 Å². The van der Waals surface area contributed by atoms with E-state index >= 15 is 0 Å². The molecule has 0 aliphatic heterocycles. The van der Waals surface area contributed by atoms with Gasteiger partial charge in [-0.2, -0.15) is 0 Å². The third kappa shape index (κ3) is 2.59. The molecule has 0 aliphatic carbocycles. The van der Waals surface area contributed by atoms with Gasteiger partial charge in [-0.15, -0.1) is 0 Å². The quantitative estimate of drug-likeness (QED) is 0.770. The number of hydrogen-bond acceptors (Lipinski definition) is 4. The number of nitrogens with one attached hydrogen (secondary N) is 1. The lowest BCUT2D eigenvalue weighted by Crippen LogP contribution is -2.40. The number of rotatable bonds is 4. The van der Waals surface area contributed by atoms with E-state index in [0.717, 1.165) is 0 Å². The molecule has 0 radical (unpaired) electrons. The predicted octanol–water partition coefficient (Wildman–Crippen LogP) is 0.963. The third-order valence-electron chi connectivity index (χ3n) is 2.88. The van der Waals surface area contributed by atoms with E-state index < -0.39 is 17.8 Å².